The number of benzene rings is 1. The van der Waals surface area contributed by atoms with Crippen LogP contribution in [0, 0.1) is 5.41 Å². The molecule has 1 aromatic rings. The first kappa shape index (κ1) is 28.7. The van der Waals surface area contributed by atoms with Crippen LogP contribution in [0.25, 0.3) is 0 Å². The number of hydrogen-bond acceptors (Lipinski definition) is 5. The molecule has 2 N–H and O–H groups in total. The lowest BCUT2D eigenvalue weighted by Crippen LogP contribution is -2.53. The van der Waals surface area contributed by atoms with Crippen molar-refractivity contribution < 1.29 is 37.4 Å². The molecule has 4 rings (SSSR count). The number of methoxy groups -OCH3 is 1. The summed E-state index contributed by atoms with van der Waals surface area (Å²) in [6.07, 6.45) is -0.583. The Bertz CT molecular complexity index is 943. The third-order valence-corrected chi connectivity index (χ3v) is 7.81. The van der Waals surface area contributed by atoms with Crippen molar-refractivity contribution in [2.24, 2.45) is 5.41 Å². The Labute approximate surface area is 214 Å². The van der Waals surface area contributed by atoms with Crippen LogP contribution in [0.5, 0.6) is 0 Å². The summed E-state index contributed by atoms with van der Waals surface area (Å²) in [6.45, 7) is 4.98. The number of carbonyl (C=O) groups is 3. The molecular formula is C25H35F3N4O5. The molecule has 206 valence electrons. The quantitative estimate of drug-likeness (QED) is 0.622. The van der Waals surface area contributed by atoms with Gasteiger partial charge in [-0.25, -0.2) is 9.59 Å². The van der Waals surface area contributed by atoms with Gasteiger partial charge in [0, 0.05) is 45.0 Å². The normalized spacial score (nSPS) is 21.1. The fourth-order valence-corrected chi connectivity index (χ4v) is 5.57. The summed E-state index contributed by atoms with van der Waals surface area (Å²) >= 11 is 0. The number of nitrogens with one attached hydrogen (secondary N) is 1. The molecule has 3 heterocycles. The van der Waals surface area contributed by atoms with Gasteiger partial charge in [-0.3, -0.25) is 4.79 Å². The second kappa shape index (κ2) is 11.7. The molecule has 0 unspecified atom stereocenters. The number of hydrogen-bond donors (Lipinski definition) is 2. The smallest absolute Gasteiger partial charge is 0.475 e. The number of alkyl halides is 3. The van der Waals surface area contributed by atoms with Crippen LogP contribution in [0.3, 0.4) is 0 Å². The number of ether oxygens (including phenoxy) is 1. The number of piperidine rings is 2. The van der Waals surface area contributed by atoms with Gasteiger partial charge < -0.3 is 29.9 Å². The summed E-state index contributed by atoms with van der Waals surface area (Å²) in [5, 5.41) is 10.1. The van der Waals surface area contributed by atoms with Gasteiger partial charge >= 0.3 is 18.2 Å². The van der Waals surface area contributed by atoms with Crippen LogP contribution >= 0.6 is 0 Å². The van der Waals surface area contributed by atoms with Crippen molar-refractivity contribution in [1.29, 1.82) is 0 Å². The topological polar surface area (TPSA) is 102 Å². The van der Waals surface area contributed by atoms with Gasteiger partial charge in [0.15, 0.2) is 0 Å². The molecule has 0 aliphatic carbocycles. The first-order chi connectivity index (χ1) is 17.4. The molecule has 0 atom stereocenters. The average Bonchev–Trinajstić information content (AvgIpc) is 3.06. The van der Waals surface area contributed by atoms with Crippen molar-refractivity contribution in [3.05, 3.63) is 30.3 Å². The largest absolute Gasteiger partial charge is 0.490 e. The summed E-state index contributed by atoms with van der Waals surface area (Å²) < 4.78 is 36.9. The number of urea groups is 1. The maximum absolute atomic E-state index is 13.3. The highest BCUT2D eigenvalue weighted by atomic mass is 19.4. The van der Waals surface area contributed by atoms with E-state index < -0.39 is 12.1 Å². The van der Waals surface area contributed by atoms with Crippen LogP contribution in [0.15, 0.2) is 30.3 Å². The maximum atomic E-state index is 13.3. The first-order valence-corrected chi connectivity index (χ1v) is 12.3. The van der Waals surface area contributed by atoms with Crippen molar-refractivity contribution in [2.45, 2.75) is 43.8 Å². The number of para-hydroxylation sites is 1. The number of nitrogens with zero attached hydrogens (tertiary/aromatic N) is 3. The monoisotopic (exact) mass is 528 g/mol. The van der Waals surface area contributed by atoms with Crippen molar-refractivity contribution in [3.63, 3.8) is 0 Å². The molecule has 3 saturated heterocycles. The Morgan fingerprint density at radius 1 is 1.05 bits per heavy atom. The maximum Gasteiger partial charge on any atom is 0.490 e. The number of halogens is 3. The molecular weight excluding hydrogens is 493 g/mol. The summed E-state index contributed by atoms with van der Waals surface area (Å²) in [5.41, 5.74) is 0.498. The number of carbonyl (C=O) groups excluding carboxylic acids is 2. The van der Waals surface area contributed by atoms with Crippen LogP contribution in [-0.4, -0.2) is 103 Å². The number of likely N-dealkylation sites (tertiary alicyclic amines) is 3. The zero-order valence-electron chi connectivity index (χ0n) is 21.2. The molecule has 12 heteroatoms. The van der Waals surface area contributed by atoms with E-state index in [1.165, 1.54) is 0 Å². The van der Waals surface area contributed by atoms with Crippen LogP contribution in [0.4, 0.5) is 23.7 Å². The molecule has 2 spiro atoms. The third kappa shape index (κ3) is 6.72. The van der Waals surface area contributed by atoms with E-state index in [1.807, 2.05) is 47.2 Å². The van der Waals surface area contributed by atoms with Crippen LogP contribution in [0.2, 0.25) is 0 Å². The van der Waals surface area contributed by atoms with E-state index in [1.54, 1.807) is 7.11 Å². The summed E-state index contributed by atoms with van der Waals surface area (Å²) in [6, 6.07) is 9.51. The highest BCUT2D eigenvalue weighted by Gasteiger charge is 2.58. The van der Waals surface area contributed by atoms with Gasteiger partial charge in [0.2, 0.25) is 5.91 Å². The summed E-state index contributed by atoms with van der Waals surface area (Å²) in [5.74, 6) is -2.44. The molecule has 1 aromatic carbocycles. The summed E-state index contributed by atoms with van der Waals surface area (Å²) in [7, 11) is 3.71. The van der Waals surface area contributed by atoms with E-state index in [4.69, 9.17) is 14.6 Å². The van der Waals surface area contributed by atoms with Gasteiger partial charge in [0.05, 0.1) is 12.0 Å². The minimum Gasteiger partial charge on any atom is -0.475 e. The van der Waals surface area contributed by atoms with Gasteiger partial charge in [-0.05, 0) is 57.3 Å². The second-order valence-electron chi connectivity index (χ2n) is 9.97. The van der Waals surface area contributed by atoms with E-state index in [0.717, 1.165) is 64.0 Å². The molecule has 0 radical (unpaired) electrons. The van der Waals surface area contributed by atoms with E-state index in [9.17, 15) is 22.8 Å². The molecule has 0 bridgehead atoms. The third-order valence-electron chi connectivity index (χ3n) is 7.81. The number of anilines is 1. The number of amides is 3. The molecule has 3 fully saturated rings. The number of carboxylic acids is 1. The lowest BCUT2D eigenvalue weighted by atomic mass is 9.71. The van der Waals surface area contributed by atoms with Crippen LogP contribution in [-0.2, 0) is 14.3 Å². The zero-order chi connectivity index (χ0) is 27.3. The first-order valence-electron chi connectivity index (χ1n) is 12.3. The molecule has 3 aliphatic heterocycles. The Hall–Kier alpha value is -2.86. The minimum atomic E-state index is -5.08. The number of rotatable bonds is 4. The van der Waals surface area contributed by atoms with Crippen molar-refractivity contribution in [1.82, 2.24) is 14.7 Å². The SMILES string of the molecule is COCCN1CCC2(CC1)CC1(CCN(C(=O)Nc3ccccc3)CC1)N(C)C2=O.O=C(O)C(F)(F)F. The minimum absolute atomic E-state index is 0.0517. The second-order valence-corrected chi connectivity index (χ2v) is 9.97. The number of aliphatic carboxylic acids is 1. The van der Waals surface area contributed by atoms with E-state index in [0.29, 0.717) is 19.0 Å². The van der Waals surface area contributed by atoms with Gasteiger partial charge in [0.1, 0.15) is 0 Å². The molecule has 3 amide bonds. The van der Waals surface area contributed by atoms with Crippen molar-refractivity contribution >= 4 is 23.6 Å². The van der Waals surface area contributed by atoms with E-state index >= 15 is 0 Å². The Morgan fingerprint density at radius 2 is 1.62 bits per heavy atom. The zero-order valence-corrected chi connectivity index (χ0v) is 21.2. The lowest BCUT2D eigenvalue weighted by Gasteiger charge is -2.44. The fourth-order valence-electron chi connectivity index (χ4n) is 5.57. The highest BCUT2D eigenvalue weighted by molar-refractivity contribution is 5.89. The summed E-state index contributed by atoms with van der Waals surface area (Å²) in [4.78, 5) is 41.2. The van der Waals surface area contributed by atoms with Gasteiger partial charge in [-0.1, -0.05) is 18.2 Å². The van der Waals surface area contributed by atoms with Gasteiger partial charge in [-0.15, -0.1) is 0 Å². The van der Waals surface area contributed by atoms with Gasteiger partial charge in [-0.2, -0.15) is 13.2 Å². The van der Waals surface area contributed by atoms with E-state index in [2.05, 4.69) is 10.2 Å². The number of carboxylic acid groups (broad SMARTS) is 1. The molecule has 3 aliphatic rings. The standard InChI is InChI=1S/C23H34N4O3.C2HF3O2/c1-25-20(28)22(8-12-26(13-9-22)16-17-30-2)18-23(25)10-14-27(15-11-23)21(29)24-19-6-4-3-5-7-19;3-2(4,5)1(6)7/h3-7H,8-18H2,1-2H3,(H,24,29);(H,6,7). The van der Waals surface area contributed by atoms with Crippen LogP contribution in [0.1, 0.15) is 32.1 Å². The predicted molar refractivity (Wildman–Crippen MR) is 130 cm³/mol. The lowest BCUT2D eigenvalue weighted by molar-refractivity contribution is -0.192. The van der Waals surface area contributed by atoms with E-state index in [-0.39, 0.29) is 17.0 Å². The van der Waals surface area contributed by atoms with Crippen molar-refractivity contribution in [2.75, 3.05) is 58.8 Å². The Balaban J connectivity index is 0.000000479. The van der Waals surface area contributed by atoms with Crippen molar-refractivity contribution in [3.8, 4) is 0 Å². The average molecular weight is 529 g/mol. The highest BCUT2D eigenvalue weighted by Crippen LogP contribution is 2.52. The predicted octanol–water partition coefficient (Wildman–Crippen LogP) is 3.28. The van der Waals surface area contributed by atoms with Gasteiger partial charge in [0.25, 0.3) is 0 Å². The Kier molecular flexibility index (Phi) is 9.06. The molecule has 0 aromatic heterocycles. The molecule has 0 saturated carbocycles. The Morgan fingerprint density at radius 3 is 2.14 bits per heavy atom. The molecule has 9 nitrogen and oxygen atoms in total. The fraction of sp³-hybridized carbons (Fsp3) is 0.640. The molecule has 37 heavy (non-hydrogen) atoms. The van der Waals surface area contributed by atoms with Crippen LogP contribution < -0.4 is 5.32 Å².